The molecular formula is C27H31BFN2OP. The van der Waals surface area contributed by atoms with E-state index in [4.69, 9.17) is 10.5 Å². The molecule has 0 spiro atoms. The van der Waals surface area contributed by atoms with E-state index in [9.17, 15) is 0 Å². The molecule has 2 aliphatic rings. The van der Waals surface area contributed by atoms with E-state index in [1.165, 1.54) is 22.3 Å². The van der Waals surface area contributed by atoms with Crippen molar-refractivity contribution in [1.82, 2.24) is 4.90 Å². The number of anilines is 1. The van der Waals surface area contributed by atoms with E-state index in [0.29, 0.717) is 20.9 Å². The Bertz CT molecular complexity index is 1180. The van der Waals surface area contributed by atoms with Gasteiger partial charge in [-0.15, -0.1) is 0 Å². The van der Waals surface area contributed by atoms with Crippen LogP contribution in [0.25, 0.3) is 0 Å². The highest BCUT2D eigenvalue weighted by Crippen LogP contribution is 2.49. The number of hydrogen-bond acceptors (Lipinski definition) is 3. The SMILES string of the molecule is CCPc1ccc(C2(c3ccc(C)c(CN4CCOc5ccccc5C4)c3)BC2)c(F)c1N. The maximum atomic E-state index is 15.4. The summed E-state index contributed by atoms with van der Waals surface area (Å²) < 4.78 is 21.4. The van der Waals surface area contributed by atoms with E-state index in [1.807, 2.05) is 24.3 Å². The quantitative estimate of drug-likeness (QED) is 0.334. The number of hydrogen-bond donors (Lipinski definition) is 1. The fourth-order valence-corrected chi connectivity index (χ4v) is 5.92. The zero-order valence-corrected chi connectivity index (χ0v) is 20.5. The third-order valence-electron chi connectivity index (χ3n) is 7.14. The van der Waals surface area contributed by atoms with Crippen molar-refractivity contribution in [3.05, 3.63) is 88.2 Å². The number of fused-ring (bicyclic) bond motifs is 1. The van der Waals surface area contributed by atoms with Gasteiger partial charge in [-0.1, -0.05) is 70.4 Å². The lowest BCUT2D eigenvalue weighted by molar-refractivity contribution is 0.219. The first-order valence-corrected chi connectivity index (χ1v) is 13.1. The van der Waals surface area contributed by atoms with Crippen molar-refractivity contribution in [3.8, 4) is 5.75 Å². The molecule has 5 rings (SSSR count). The number of ether oxygens (including phenoxy) is 1. The van der Waals surface area contributed by atoms with Crippen LogP contribution in [-0.4, -0.2) is 31.5 Å². The lowest BCUT2D eigenvalue weighted by Gasteiger charge is -2.24. The third-order valence-corrected chi connectivity index (χ3v) is 8.31. The lowest BCUT2D eigenvalue weighted by atomic mass is 9.75. The monoisotopic (exact) mass is 460 g/mol. The molecule has 1 saturated heterocycles. The number of aryl methyl sites for hydroxylation is 1. The standard InChI is InChI=1S/C27H31BFN2OP/c1-3-33-24-11-10-22(25(29)26(24)30)27(17-28-27)21-9-8-18(2)20(14-21)16-31-12-13-32-23-7-5-4-6-19(23)15-31/h4-11,14,28,33H,3,12-13,15-17,30H2,1-2H3. The van der Waals surface area contributed by atoms with Gasteiger partial charge >= 0.3 is 0 Å². The number of benzene rings is 3. The van der Waals surface area contributed by atoms with Gasteiger partial charge in [0.15, 0.2) is 0 Å². The van der Waals surface area contributed by atoms with E-state index < -0.39 is 0 Å². The van der Waals surface area contributed by atoms with E-state index in [0.717, 1.165) is 56.0 Å². The minimum atomic E-state index is -0.247. The molecule has 0 saturated carbocycles. The Morgan fingerprint density at radius 3 is 2.79 bits per heavy atom. The molecule has 0 bridgehead atoms. The second-order valence-corrected chi connectivity index (χ2v) is 10.9. The first kappa shape index (κ1) is 22.4. The Morgan fingerprint density at radius 1 is 1.18 bits per heavy atom. The lowest BCUT2D eigenvalue weighted by Crippen LogP contribution is -2.26. The first-order valence-electron chi connectivity index (χ1n) is 11.9. The Morgan fingerprint density at radius 2 is 2.00 bits per heavy atom. The van der Waals surface area contributed by atoms with Gasteiger partial charge in [-0.3, -0.25) is 4.90 Å². The van der Waals surface area contributed by atoms with Crippen LogP contribution >= 0.6 is 8.58 Å². The summed E-state index contributed by atoms with van der Waals surface area (Å²) in [6, 6.07) is 19.0. The molecule has 1 fully saturated rings. The van der Waals surface area contributed by atoms with Gasteiger partial charge in [-0.25, -0.2) is 4.39 Å². The van der Waals surface area contributed by atoms with Gasteiger partial charge in [-0.05, 0) is 52.0 Å². The molecule has 0 amide bonds. The molecule has 6 heteroatoms. The molecule has 2 atom stereocenters. The topological polar surface area (TPSA) is 38.5 Å². The molecule has 3 aromatic carbocycles. The fraction of sp³-hybridized carbons (Fsp3) is 0.333. The predicted octanol–water partition coefficient (Wildman–Crippen LogP) is 4.55. The summed E-state index contributed by atoms with van der Waals surface area (Å²) in [5.74, 6) is 0.775. The smallest absolute Gasteiger partial charge is 0.150 e. The van der Waals surface area contributed by atoms with Gasteiger partial charge < -0.3 is 10.5 Å². The average molecular weight is 460 g/mol. The summed E-state index contributed by atoms with van der Waals surface area (Å²) in [5, 5.41) is 0.700. The van der Waals surface area contributed by atoms with Crippen LogP contribution in [0.5, 0.6) is 5.75 Å². The number of rotatable bonds is 6. The van der Waals surface area contributed by atoms with Gasteiger partial charge in [0.05, 0.1) is 5.69 Å². The Balaban J connectivity index is 1.43. The predicted molar refractivity (Wildman–Crippen MR) is 139 cm³/mol. The highest BCUT2D eigenvalue weighted by atomic mass is 31.1. The van der Waals surface area contributed by atoms with Crippen LogP contribution in [0.3, 0.4) is 0 Å². The van der Waals surface area contributed by atoms with Gasteiger partial charge in [0.2, 0.25) is 0 Å². The van der Waals surface area contributed by atoms with Gasteiger partial charge in [0.25, 0.3) is 0 Å². The first-order chi connectivity index (χ1) is 16.0. The van der Waals surface area contributed by atoms with E-state index in [-0.39, 0.29) is 11.1 Å². The maximum absolute atomic E-state index is 15.4. The molecule has 2 unspecified atom stereocenters. The Hall–Kier alpha value is -2.36. The number of nitrogens with two attached hydrogens (primary N) is 1. The van der Waals surface area contributed by atoms with E-state index in [1.54, 1.807) is 0 Å². The van der Waals surface area contributed by atoms with Crippen molar-refractivity contribution >= 4 is 26.9 Å². The van der Waals surface area contributed by atoms with Crippen molar-refractivity contribution in [2.45, 2.75) is 38.6 Å². The average Bonchev–Trinajstić information content (AvgIpc) is 3.63. The number of halogens is 1. The maximum Gasteiger partial charge on any atom is 0.150 e. The largest absolute Gasteiger partial charge is 0.492 e. The summed E-state index contributed by atoms with van der Waals surface area (Å²) in [5.41, 5.74) is 12.3. The van der Waals surface area contributed by atoms with Gasteiger partial charge in [-0.2, -0.15) is 0 Å². The fourth-order valence-electron chi connectivity index (χ4n) is 5.04. The number of nitrogens with zero attached hydrogens (tertiary/aromatic N) is 1. The van der Waals surface area contributed by atoms with Crippen LogP contribution in [0.1, 0.15) is 34.7 Å². The molecule has 0 radical (unpaired) electrons. The normalized spacial score (nSPS) is 20.2. The van der Waals surface area contributed by atoms with Crippen LogP contribution < -0.4 is 15.8 Å². The molecule has 3 aromatic rings. The minimum absolute atomic E-state index is 0.214. The summed E-state index contributed by atoms with van der Waals surface area (Å²) >= 11 is 0. The Kier molecular flexibility index (Phi) is 6.20. The zero-order valence-electron chi connectivity index (χ0n) is 19.5. The van der Waals surface area contributed by atoms with Crippen LogP contribution in [-0.2, 0) is 18.4 Å². The molecule has 2 N–H and O–H groups in total. The van der Waals surface area contributed by atoms with E-state index >= 15 is 4.39 Å². The number of para-hydroxylation sites is 1. The highest BCUT2D eigenvalue weighted by molar-refractivity contribution is 7.47. The molecule has 2 aliphatic heterocycles. The zero-order chi connectivity index (χ0) is 23.0. The molecule has 3 nitrogen and oxygen atoms in total. The molecule has 0 aromatic heterocycles. The van der Waals surface area contributed by atoms with Gasteiger partial charge in [0.1, 0.15) is 25.5 Å². The van der Waals surface area contributed by atoms with Gasteiger partial charge in [0, 0.05) is 25.2 Å². The second-order valence-electron chi connectivity index (χ2n) is 9.31. The van der Waals surface area contributed by atoms with Crippen molar-refractivity contribution in [2.24, 2.45) is 0 Å². The van der Waals surface area contributed by atoms with Crippen molar-refractivity contribution in [1.29, 1.82) is 0 Å². The summed E-state index contributed by atoms with van der Waals surface area (Å²) in [7, 11) is 1.52. The molecule has 170 valence electrons. The molecule has 2 heterocycles. The van der Waals surface area contributed by atoms with Crippen molar-refractivity contribution in [2.75, 3.05) is 25.0 Å². The van der Waals surface area contributed by atoms with Crippen molar-refractivity contribution < 1.29 is 9.13 Å². The Labute approximate surface area is 198 Å². The molecule has 33 heavy (non-hydrogen) atoms. The molecule has 0 aliphatic carbocycles. The highest BCUT2D eigenvalue weighted by Gasteiger charge is 2.49. The summed E-state index contributed by atoms with van der Waals surface area (Å²) in [6.45, 7) is 7.57. The van der Waals surface area contributed by atoms with E-state index in [2.05, 4.69) is 49.1 Å². The van der Waals surface area contributed by atoms with Crippen LogP contribution in [0.15, 0.2) is 54.6 Å². The second kappa shape index (κ2) is 9.12. The van der Waals surface area contributed by atoms with Crippen LogP contribution in [0.2, 0.25) is 6.32 Å². The number of nitrogen functional groups attached to an aromatic ring is 1. The van der Waals surface area contributed by atoms with Crippen LogP contribution in [0, 0.1) is 12.7 Å². The molecular weight excluding hydrogens is 429 g/mol. The minimum Gasteiger partial charge on any atom is -0.492 e. The third kappa shape index (κ3) is 4.29. The summed E-state index contributed by atoms with van der Waals surface area (Å²) in [6.07, 6.45) is 1.95. The summed E-state index contributed by atoms with van der Waals surface area (Å²) in [4.78, 5) is 2.44. The van der Waals surface area contributed by atoms with Crippen LogP contribution in [0.4, 0.5) is 10.1 Å². The van der Waals surface area contributed by atoms with Crippen molar-refractivity contribution in [3.63, 3.8) is 0 Å².